The summed E-state index contributed by atoms with van der Waals surface area (Å²) in [6.07, 6.45) is 3.39. The van der Waals surface area contributed by atoms with Crippen LogP contribution in [-0.4, -0.2) is 25.6 Å². The maximum Gasteiger partial charge on any atom is 0.238 e. The van der Waals surface area contributed by atoms with Crippen molar-refractivity contribution in [3.63, 3.8) is 0 Å². The van der Waals surface area contributed by atoms with E-state index in [2.05, 4.69) is 23.8 Å². The van der Waals surface area contributed by atoms with Crippen molar-refractivity contribution in [3.8, 4) is 5.75 Å². The second kappa shape index (κ2) is 8.08. The molecule has 0 saturated heterocycles. The van der Waals surface area contributed by atoms with Gasteiger partial charge in [-0.2, -0.15) is 0 Å². The quantitative estimate of drug-likeness (QED) is 0.544. The molecule has 4 nitrogen and oxygen atoms in total. The average Bonchev–Trinajstić information content (AvgIpc) is 2.38. The van der Waals surface area contributed by atoms with Gasteiger partial charge < -0.3 is 15.4 Å². The first-order valence-corrected chi connectivity index (χ1v) is 5.71. The minimum absolute atomic E-state index is 0.0865. The molecule has 0 bridgehead atoms. The largest absolute Gasteiger partial charge is 0.490 e. The standard InChI is InChI=1S/C14H18N2O2/c1-3-9-15-11-14(17)16-12-5-7-13(8-6-12)18-10-4-2/h3-8,15H,1-2,9-11H2,(H,16,17). The van der Waals surface area contributed by atoms with Crippen molar-refractivity contribution in [3.05, 3.63) is 49.6 Å². The number of rotatable bonds is 8. The monoisotopic (exact) mass is 246 g/mol. The molecule has 0 aliphatic carbocycles. The number of amides is 1. The molecule has 0 unspecified atom stereocenters. The van der Waals surface area contributed by atoms with Crippen molar-refractivity contribution in [1.82, 2.24) is 5.32 Å². The molecule has 2 N–H and O–H groups in total. The van der Waals surface area contributed by atoms with Gasteiger partial charge in [-0.05, 0) is 24.3 Å². The second-order valence-electron chi connectivity index (χ2n) is 3.59. The second-order valence-corrected chi connectivity index (χ2v) is 3.59. The number of benzene rings is 1. The Bertz CT molecular complexity index is 399. The Kier molecular flexibility index (Phi) is 6.28. The molecule has 96 valence electrons. The van der Waals surface area contributed by atoms with Crippen LogP contribution in [-0.2, 0) is 4.79 Å². The van der Waals surface area contributed by atoms with Gasteiger partial charge in [-0.15, -0.1) is 6.58 Å². The highest BCUT2D eigenvalue weighted by Gasteiger charge is 2.01. The molecule has 0 aliphatic heterocycles. The molecule has 18 heavy (non-hydrogen) atoms. The maximum absolute atomic E-state index is 11.5. The Hall–Kier alpha value is -2.07. The normalized spacial score (nSPS) is 9.56. The van der Waals surface area contributed by atoms with Crippen LogP contribution in [0.1, 0.15) is 0 Å². The summed E-state index contributed by atoms with van der Waals surface area (Å²) in [5.74, 6) is 0.661. The molecule has 0 saturated carbocycles. The fourth-order valence-electron chi connectivity index (χ4n) is 1.28. The minimum Gasteiger partial charge on any atom is -0.490 e. The lowest BCUT2D eigenvalue weighted by Gasteiger charge is -2.07. The lowest BCUT2D eigenvalue weighted by molar-refractivity contribution is -0.115. The summed E-state index contributed by atoms with van der Waals surface area (Å²) in [4.78, 5) is 11.5. The summed E-state index contributed by atoms with van der Waals surface area (Å²) in [6, 6.07) is 7.19. The number of hydrogen-bond donors (Lipinski definition) is 2. The van der Waals surface area contributed by atoms with E-state index in [1.165, 1.54) is 0 Å². The van der Waals surface area contributed by atoms with Gasteiger partial charge in [0.15, 0.2) is 0 Å². The zero-order valence-corrected chi connectivity index (χ0v) is 10.3. The molecule has 0 fully saturated rings. The summed E-state index contributed by atoms with van der Waals surface area (Å²) in [5, 5.41) is 5.70. The van der Waals surface area contributed by atoms with Crippen LogP contribution in [0.15, 0.2) is 49.6 Å². The summed E-state index contributed by atoms with van der Waals surface area (Å²) < 4.78 is 5.34. The van der Waals surface area contributed by atoms with Crippen LogP contribution in [0.25, 0.3) is 0 Å². The van der Waals surface area contributed by atoms with Crippen LogP contribution in [0.3, 0.4) is 0 Å². The fourth-order valence-corrected chi connectivity index (χ4v) is 1.28. The van der Waals surface area contributed by atoms with Crippen molar-refractivity contribution in [2.24, 2.45) is 0 Å². The third-order valence-electron chi connectivity index (χ3n) is 2.08. The van der Waals surface area contributed by atoms with Crippen molar-refractivity contribution in [2.45, 2.75) is 0 Å². The van der Waals surface area contributed by atoms with E-state index in [4.69, 9.17) is 4.74 Å². The van der Waals surface area contributed by atoms with Gasteiger partial charge in [0.1, 0.15) is 12.4 Å². The molecular weight excluding hydrogens is 228 g/mol. The van der Waals surface area contributed by atoms with Crippen molar-refractivity contribution in [2.75, 3.05) is 25.0 Å². The van der Waals surface area contributed by atoms with E-state index < -0.39 is 0 Å². The summed E-state index contributed by atoms with van der Waals surface area (Å²) in [6.45, 7) is 8.48. The third-order valence-corrected chi connectivity index (χ3v) is 2.08. The molecule has 0 aliphatic rings. The smallest absolute Gasteiger partial charge is 0.238 e. The average molecular weight is 246 g/mol. The van der Waals surface area contributed by atoms with Crippen LogP contribution >= 0.6 is 0 Å². The summed E-state index contributed by atoms with van der Waals surface area (Å²) >= 11 is 0. The molecule has 1 rings (SSSR count). The zero-order valence-electron chi connectivity index (χ0n) is 10.3. The summed E-state index contributed by atoms with van der Waals surface area (Å²) in [5.41, 5.74) is 0.742. The van der Waals surface area contributed by atoms with Crippen molar-refractivity contribution < 1.29 is 9.53 Å². The number of carbonyl (C=O) groups is 1. The highest BCUT2D eigenvalue weighted by atomic mass is 16.5. The first-order chi connectivity index (χ1) is 8.76. The molecule has 0 atom stereocenters. The molecule has 0 radical (unpaired) electrons. The van der Waals surface area contributed by atoms with Crippen LogP contribution in [0.2, 0.25) is 0 Å². The predicted octanol–water partition coefficient (Wildman–Crippen LogP) is 1.97. The lowest BCUT2D eigenvalue weighted by atomic mass is 10.3. The summed E-state index contributed by atoms with van der Waals surface area (Å²) in [7, 11) is 0. The van der Waals surface area contributed by atoms with E-state index in [1.54, 1.807) is 36.4 Å². The van der Waals surface area contributed by atoms with Gasteiger partial charge in [-0.1, -0.05) is 18.7 Å². The van der Waals surface area contributed by atoms with E-state index in [0.717, 1.165) is 11.4 Å². The van der Waals surface area contributed by atoms with Crippen molar-refractivity contribution in [1.29, 1.82) is 0 Å². The van der Waals surface area contributed by atoms with Gasteiger partial charge in [0.05, 0.1) is 6.54 Å². The van der Waals surface area contributed by atoms with Gasteiger partial charge in [0, 0.05) is 12.2 Å². The van der Waals surface area contributed by atoms with E-state index in [9.17, 15) is 4.79 Å². The highest BCUT2D eigenvalue weighted by molar-refractivity contribution is 5.92. The number of carbonyl (C=O) groups excluding carboxylic acids is 1. The molecule has 4 heteroatoms. The Morgan fingerprint density at radius 1 is 1.22 bits per heavy atom. The highest BCUT2D eigenvalue weighted by Crippen LogP contribution is 2.15. The Labute approximate surface area is 107 Å². The molecule has 0 heterocycles. The van der Waals surface area contributed by atoms with E-state index in [-0.39, 0.29) is 12.5 Å². The number of anilines is 1. The number of nitrogens with one attached hydrogen (secondary N) is 2. The van der Waals surface area contributed by atoms with E-state index in [1.807, 2.05) is 0 Å². The first kappa shape index (κ1) is 14.0. The third kappa shape index (κ3) is 5.32. The molecule has 1 aromatic carbocycles. The fraction of sp³-hybridized carbons (Fsp3) is 0.214. The molecule has 1 aromatic rings. The van der Waals surface area contributed by atoms with Gasteiger partial charge in [-0.25, -0.2) is 0 Å². The minimum atomic E-state index is -0.0865. The van der Waals surface area contributed by atoms with Crippen LogP contribution in [0.4, 0.5) is 5.69 Å². The predicted molar refractivity (Wildman–Crippen MR) is 73.8 cm³/mol. The molecule has 0 spiro atoms. The molecule has 0 aromatic heterocycles. The Morgan fingerprint density at radius 3 is 2.56 bits per heavy atom. The van der Waals surface area contributed by atoms with Gasteiger partial charge >= 0.3 is 0 Å². The lowest BCUT2D eigenvalue weighted by Crippen LogP contribution is -2.27. The van der Waals surface area contributed by atoms with Gasteiger partial charge in [0.25, 0.3) is 0 Å². The van der Waals surface area contributed by atoms with Crippen LogP contribution < -0.4 is 15.4 Å². The molecular formula is C14H18N2O2. The van der Waals surface area contributed by atoms with Gasteiger partial charge in [-0.3, -0.25) is 4.79 Å². The van der Waals surface area contributed by atoms with Crippen molar-refractivity contribution >= 4 is 11.6 Å². The SMILES string of the molecule is C=CCNCC(=O)Nc1ccc(OCC=C)cc1. The number of hydrogen-bond acceptors (Lipinski definition) is 3. The topological polar surface area (TPSA) is 50.4 Å². The Morgan fingerprint density at radius 2 is 1.94 bits per heavy atom. The van der Waals surface area contributed by atoms with Crippen LogP contribution in [0, 0.1) is 0 Å². The zero-order chi connectivity index (χ0) is 13.2. The van der Waals surface area contributed by atoms with Crippen LogP contribution in [0.5, 0.6) is 5.75 Å². The van der Waals surface area contributed by atoms with E-state index >= 15 is 0 Å². The maximum atomic E-state index is 11.5. The number of ether oxygens (including phenoxy) is 1. The van der Waals surface area contributed by atoms with E-state index in [0.29, 0.717) is 13.2 Å². The Balaban J connectivity index is 2.40. The van der Waals surface area contributed by atoms with Gasteiger partial charge in [0.2, 0.25) is 5.91 Å². The molecule has 1 amide bonds. The first-order valence-electron chi connectivity index (χ1n) is 5.71.